The van der Waals surface area contributed by atoms with Crippen LogP contribution in [0.3, 0.4) is 0 Å². The van der Waals surface area contributed by atoms with Crippen molar-refractivity contribution in [2.24, 2.45) is 16.5 Å². The van der Waals surface area contributed by atoms with Crippen molar-refractivity contribution in [1.82, 2.24) is 25.8 Å². The van der Waals surface area contributed by atoms with Crippen LogP contribution in [-0.2, 0) is 29.2 Å². The Morgan fingerprint density at radius 3 is 2.33 bits per heavy atom. The van der Waals surface area contributed by atoms with Crippen molar-refractivity contribution in [2.45, 2.75) is 76.3 Å². The number of fused-ring (bicyclic) bond motifs is 1. The molecular formula is C44H52FN9O4. The molecule has 0 unspecified atom stereocenters. The zero-order chi connectivity index (χ0) is 40.9. The lowest BCUT2D eigenvalue weighted by Crippen LogP contribution is -2.51. The van der Waals surface area contributed by atoms with E-state index in [1.165, 1.54) is 32.1 Å². The van der Waals surface area contributed by atoms with E-state index in [0.717, 1.165) is 40.4 Å². The number of urea groups is 1. The van der Waals surface area contributed by atoms with Gasteiger partial charge in [0.2, 0.25) is 11.8 Å². The van der Waals surface area contributed by atoms with Crippen molar-refractivity contribution < 1.29 is 23.5 Å². The van der Waals surface area contributed by atoms with E-state index in [9.17, 15) is 18.8 Å². The Hall–Kier alpha value is -6.41. The molecule has 4 aromatic carbocycles. The van der Waals surface area contributed by atoms with Gasteiger partial charge >= 0.3 is 6.03 Å². The number of aromatic nitrogens is 1. The largest absolute Gasteiger partial charge is 0.497 e. The van der Waals surface area contributed by atoms with Gasteiger partial charge < -0.3 is 47.4 Å². The number of hydrogen-bond acceptors (Lipinski definition) is 6. The molecule has 0 radical (unpaired) electrons. The molecule has 2 atom stereocenters. The molecule has 0 saturated heterocycles. The fourth-order valence-electron chi connectivity index (χ4n) is 7.22. The number of carbonyl (C=O) groups is 3. The van der Waals surface area contributed by atoms with Crippen molar-refractivity contribution in [3.8, 4) is 5.75 Å². The third-order valence-electron chi connectivity index (χ3n) is 10.3. The Morgan fingerprint density at radius 1 is 0.879 bits per heavy atom. The summed E-state index contributed by atoms with van der Waals surface area (Å²) in [5.41, 5.74) is 15.8. The highest BCUT2D eigenvalue weighted by Gasteiger charge is 2.28. The van der Waals surface area contributed by atoms with Crippen LogP contribution in [0.25, 0.3) is 10.9 Å². The van der Waals surface area contributed by atoms with Crippen LogP contribution < -0.4 is 42.8 Å². The van der Waals surface area contributed by atoms with Gasteiger partial charge in [0, 0.05) is 49.5 Å². The first-order chi connectivity index (χ1) is 28.1. The van der Waals surface area contributed by atoms with Gasteiger partial charge in [0.1, 0.15) is 23.7 Å². The summed E-state index contributed by atoms with van der Waals surface area (Å²) >= 11 is 0. The van der Waals surface area contributed by atoms with Crippen LogP contribution in [-0.4, -0.2) is 54.1 Å². The van der Waals surface area contributed by atoms with Gasteiger partial charge in [0.25, 0.3) is 0 Å². The van der Waals surface area contributed by atoms with Gasteiger partial charge in [-0.05, 0) is 84.3 Å². The number of anilines is 1. The molecule has 9 N–H and O–H groups in total. The van der Waals surface area contributed by atoms with Crippen molar-refractivity contribution >= 4 is 40.4 Å². The van der Waals surface area contributed by atoms with Crippen molar-refractivity contribution in [3.63, 3.8) is 0 Å². The number of aliphatic imine (C=N–C) groups is 1. The SMILES string of the molecule is COc1ccc([C@H](NC(=O)Nc2ccc3c(CNC4CCCC4)cn(Cc4ccc(F)cc4)c3c2)C(=O)N[C@@H](CCCN=C(N)N)C(=O)NCc2ccccc2)cc1. The normalized spacial score (nSPS) is 13.7. The number of methoxy groups -OCH3 is 1. The number of nitrogens with zero attached hydrogens (tertiary/aromatic N) is 2. The first-order valence-electron chi connectivity index (χ1n) is 19.6. The molecule has 0 spiro atoms. The number of amides is 4. The lowest BCUT2D eigenvalue weighted by Gasteiger charge is -2.24. The molecule has 304 valence electrons. The maximum absolute atomic E-state index is 14.1. The van der Waals surface area contributed by atoms with Crippen LogP contribution in [0.1, 0.15) is 66.8 Å². The summed E-state index contributed by atoms with van der Waals surface area (Å²) in [6.45, 7) is 1.72. The van der Waals surface area contributed by atoms with Crippen molar-refractivity contribution in [3.05, 3.63) is 131 Å². The van der Waals surface area contributed by atoms with Gasteiger partial charge in [-0.3, -0.25) is 14.6 Å². The van der Waals surface area contributed by atoms with Crippen LogP contribution in [0.2, 0.25) is 0 Å². The minimum atomic E-state index is -1.19. The number of hydrogen-bond donors (Lipinski definition) is 7. The quantitative estimate of drug-likeness (QED) is 0.0342. The first kappa shape index (κ1) is 41.2. The van der Waals surface area contributed by atoms with Crippen molar-refractivity contribution in [1.29, 1.82) is 0 Å². The first-order valence-corrected chi connectivity index (χ1v) is 19.6. The number of nitrogens with one attached hydrogen (secondary N) is 5. The van der Waals surface area contributed by atoms with E-state index in [0.29, 0.717) is 42.6 Å². The molecular weight excluding hydrogens is 738 g/mol. The summed E-state index contributed by atoms with van der Waals surface area (Å²) < 4.78 is 21.2. The fourth-order valence-corrected chi connectivity index (χ4v) is 7.22. The molecule has 13 nitrogen and oxygen atoms in total. The Morgan fingerprint density at radius 2 is 1.62 bits per heavy atom. The zero-order valence-corrected chi connectivity index (χ0v) is 32.7. The number of carbonyl (C=O) groups excluding carboxylic acids is 3. The lowest BCUT2D eigenvalue weighted by atomic mass is 10.0. The van der Waals surface area contributed by atoms with E-state index in [2.05, 4.69) is 42.3 Å². The minimum Gasteiger partial charge on any atom is -0.497 e. The van der Waals surface area contributed by atoms with Gasteiger partial charge in [-0.1, -0.05) is 73.5 Å². The molecule has 5 aromatic rings. The van der Waals surface area contributed by atoms with Crippen LogP contribution in [0.4, 0.5) is 14.9 Å². The van der Waals surface area contributed by atoms with E-state index in [-0.39, 0.29) is 31.3 Å². The molecule has 1 aromatic heterocycles. The molecule has 0 bridgehead atoms. The molecule has 14 heteroatoms. The molecule has 58 heavy (non-hydrogen) atoms. The van der Waals surface area contributed by atoms with Gasteiger partial charge in [0.15, 0.2) is 5.96 Å². The Labute approximate surface area is 337 Å². The van der Waals surface area contributed by atoms with E-state index in [1.54, 1.807) is 36.4 Å². The standard InChI is InChI=1S/C44H52FN9O4/c1-58-36-20-15-31(16-21-36)40(42(56)52-38(12-7-23-48-43(46)47)41(55)50-25-29-8-3-2-4-9-29)53-44(57)51-35-19-22-37-32(26-49-34-10-5-6-11-34)28-54(39(37)24-35)27-30-13-17-33(45)18-14-30/h2-4,8-9,13-22,24,28,34,38,40,49H,5-7,10-12,23,25-27H2,1H3,(H,50,55)(H,52,56)(H4,46,47,48)(H2,51,53,57)/t38-,40-/m0/s1. The third-order valence-corrected chi connectivity index (χ3v) is 10.3. The molecule has 1 saturated carbocycles. The average molecular weight is 790 g/mol. The maximum Gasteiger partial charge on any atom is 0.320 e. The zero-order valence-electron chi connectivity index (χ0n) is 32.7. The number of rotatable bonds is 18. The molecule has 1 heterocycles. The summed E-state index contributed by atoms with van der Waals surface area (Å²) in [4.78, 5) is 45.4. The predicted molar refractivity (Wildman–Crippen MR) is 225 cm³/mol. The molecule has 1 aliphatic carbocycles. The molecule has 1 aliphatic rings. The summed E-state index contributed by atoms with van der Waals surface area (Å²) in [6.07, 6.45) is 7.53. The van der Waals surface area contributed by atoms with E-state index in [4.69, 9.17) is 16.2 Å². The smallest absolute Gasteiger partial charge is 0.320 e. The second-order valence-corrected chi connectivity index (χ2v) is 14.5. The molecule has 6 rings (SSSR count). The second kappa shape index (κ2) is 20.1. The second-order valence-electron chi connectivity index (χ2n) is 14.5. The Bertz CT molecular complexity index is 2170. The van der Waals surface area contributed by atoms with Crippen LogP contribution in [0.15, 0.2) is 108 Å². The van der Waals surface area contributed by atoms with Gasteiger partial charge in [-0.15, -0.1) is 0 Å². The van der Waals surface area contributed by atoms with Crippen LogP contribution in [0, 0.1) is 5.82 Å². The Kier molecular flexibility index (Phi) is 14.3. The number of ether oxygens (including phenoxy) is 1. The average Bonchev–Trinajstić information content (AvgIpc) is 3.88. The number of benzene rings is 4. The molecule has 1 fully saturated rings. The molecule has 4 amide bonds. The fraction of sp³-hybridized carbons (Fsp3) is 0.318. The number of halogens is 1. The predicted octanol–water partition coefficient (Wildman–Crippen LogP) is 5.59. The van der Waals surface area contributed by atoms with Gasteiger partial charge in [-0.25, -0.2) is 9.18 Å². The van der Waals surface area contributed by atoms with Gasteiger partial charge in [-0.2, -0.15) is 0 Å². The highest BCUT2D eigenvalue weighted by atomic mass is 19.1. The summed E-state index contributed by atoms with van der Waals surface area (Å²) in [7, 11) is 1.54. The highest BCUT2D eigenvalue weighted by molar-refractivity contribution is 5.97. The minimum absolute atomic E-state index is 0.0686. The summed E-state index contributed by atoms with van der Waals surface area (Å²) in [5, 5.41) is 16.2. The Balaban J connectivity index is 1.21. The van der Waals surface area contributed by atoms with E-state index >= 15 is 0 Å². The summed E-state index contributed by atoms with van der Waals surface area (Å²) in [6, 6.07) is 26.0. The lowest BCUT2D eigenvalue weighted by molar-refractivity contribution is -0.130. The van der Waals surface area contributed by atoms with E-state index < -0.39 is 29.9 Å². The van der Waals surface area contributed by atoms with Crippen LogP contribution >= 0.6 is 0 Å². The summed E-state index contributed by atoms with van der Waals surface area (Å²) in [5.74, 6) is -0.785. The number of guanidine groups is 1. The highest BCUT2D eigenvalue weighted by Crippen LogP contribution is 2.28. The monoisotopic (exact) mass is 789 g/mol. The van der Waals surface area contributed by atoms with E-state index in [1.807, 2.05) is 48.5 Å². The maximum atomic E-state index is 14.1. The number of nitrogens with two attached hydrogens (primary N) is 2. The molecule has 0 aliphatic heterocycles. The van der Waals surface area contributed by atoms with Crippen molar-refractivity contribution in [2.75, 3.05) is 19.0 Å². The van der Waals surface area contributed by atoms with Crippen LogP contribution in [0.5, 0.6) is 5.75 Å². The third kappa shape index (κ3) is 11.6. The van der Waals surface area contributed by atoms with Gasteiger partial charge in [0.05, 0.1) is 12.6 Å². The topological polar surface area (TPSA) is 190 Å².